The van der Waals surface area contributed by atoms with Gasteiger partial charge in [0.05, 0.1) is 6.61 Å². The van der Waals surface area contributed by atoms with Crippen molar-refractivity contribution in [3.8, 4) is 0 Å². The molecule has 1 amide bonds. The molecule has 0 aliphatic carbocycles. The number of hydrogen-bond donors (Lipinski definition) is 2. The summed E-state index contributed by atoms with van der Waals surface area (Å²) in [6.07, 6.45) is 5.48. The number of aliphatic hydroxyl groups excluding tert-OH is 1. The quantitative estimate of drug-likeness (QED) is 0.769. The first-order valence-electron chi connectivity index (χ1n) is 9.00. The molecule has 1 saturated heterocycles. The van der Waals surface area contributed by atoms with Crippen LogP contribution in [0.2, 0.25) is 0 Å². The van der Waals surface area contributed by atoms with E-state index < -0.39 is 0 Å². The number of nitrogens with one attached hydrogen (secondary N) is 1. The minimum atomic E-state index is -0.0711. The van der Waals surface area contributed by atoms with Gasteiger partial charge in [0.15, 0.2) is 0 Å². The highest BCUT2D eigenvalue weighted by atomic mass is 32.1. The van der Waals surface area contributed by atoms with Crippen LogP contribution in [0.3, 0.4) is 0 Å². The van der Waals surface area contributed by atoms with Crippen molar-refractivity contribution in [2.75, 3.05) is 26.7 Å². The number of carbonyl (C=O) groups excluding carboxylic acids is 1. The van der Waals surface area contributed by atoms with Crippen molar-refractivity contribution in [3.63, 3.8) is 0 Å². The normalized spacial score (nSPS) is 17.5. The number of nitrogens with zero attached hydrogens (tertiary/aromatic N) is 1. The van der Waals surface area contributed by atoms with Gasteiger partial charge in [-0.2, -0.15) is 0 Å². The Morgan fingerprint density at radius 1 is 1.31 bits per heavy atom. The zero-order chi connectivity index (χ0) is 18.4. The van der Waals surface area contributed by atoms with Gasteiger partial charge in [0.1, 0.15) is 0 Å². The lowest BCUT2D eigenvalue weighted by Crippen LogP contribution is -2.47. The largest absolute Gasteiger partial charge is 0.392 e. The van der Waals surface area contributed by atoms with Gasteiger partial charge in [0.25, 0.3) is 0 Å². The molecule has 5 heteroatoms. The third kappa shape index (κ3) is 4.61. The Balaban J connectivity index is 1.65. The number of piperidine rings is 1. The van der Waals surface area contributed by atoms with Crippen LogP contribution in [0.25, 0.3) is 6.08 Å². The average molecular weight is 371 g/mol. The molecule has 0 atom stereocenters. The van der Waals surface area contributed by atoms with Crippen LogP contribution in [0.5, 0.6) is 0 Å². The fourth-order valence-electron chi connectivity index (χ4n) is 3.44. The van der Waals surface area contributed by atoms with E-state index in [9.17, 15) is 4.79 Å². The molecule has 1 fully saturated rings. The van der Waals surface area contributed by atoms with Gasteiger partial charge in [0, 0.05) is 22.9 Å². The molecule has 0 radical (unpaired) electrons. The number of aliphatic hydroxyl groups is 1. The maximum absolute atomic E-state index is 12.3. The van der Waals surface area contributed by atoms with Crippen molar-refractivity contribution in [1.29, 1.82) is 0 Å². The summed E-state index contributed by atoms with van der Waals surface area (Å²) in [5.74, 6) is -0.0711. The van der Waals surface area contributed by atoms with Gasteiger partial charge in [-0.15, -0.1) is 11.3 Å². The molecule has 138 valence electrons. The Morgan fingerprint density at radius 3 is 2.69 bits per heavy atom. The van der Waals surface area contributed by atoms with E-state index in [1.807, 2.05) is 23.6 Å². The standard InChI is InChI=1S/C21H26N2O2S/c1-23-11-9-21(10-12-23,18-5-3-2-4-6-18)16-22-20(25)8-7-19-13-17(14-24)15-26-19/h2-8,13,15,24H,9-12,14,16H2,1H3,(H,22,25). The van der Waals surface area contributed by atoms with Gasteiger partial charge in [-0.3, -0.25) is 4.79 Å². The highest BCUT2D eigenvalue weighted by molar-refractivity contribution is 7.11. The Kier molecular flexibility index (Phi) is 6.25. The SMILES string of the molecule is CN1CCC(CNC(=O)C=Cc2cc(CO)cs2)(c2ccccc2)CC1. The summed E-state index contributed by atoms with van der Waals surface area (Å²) >= 11 is 1.53. The first kappa shape index (κ1) is 18.8. The molecule has 0 unspecified atom stereocenters. The second-order valence-electron chi connectivity index (χ2n) is 7.02. The van der Waals surface area contributed by atoms with Crippen LogP contribution < -0.4 is 5.32 Å². The molecule has 4 nitrogen and oxygen atoms in total. The number of hydrogen-bond acceptors (Lipinski definition) is 4. The summed E-state index contributed by atoms with van der Waals surface area (Å²) in [5.41, 5.74) is 2.19. The maximum atomic E-state index is 12.3. The Bertz CT molecular complexity index is 746. The van der Waals surface area contributed by atoms with Crippen LogP contribution in [0.1, 0.15) is 28.8 Å². The topological polar surface area (TPSA) is 52.6 Å². The summed E-state index contributed by atoms with van der Waals surface area (Å²) in [6.45, 7) is 2.77. The van der Waals surface area contributed by atoms with Crippen LogP contribution in [-0.4, -0.2) is 42.6 Å². The van der Waals surface area contributed by atoms with E-state index >= 15 is 0 Å². The summed E-state index contributed by atoms with van der Waals surface area (Å²) < 4.78 is 0. The molecule has 0 bridgehead atoms. The van der Waals surface area contributed by atoms with Crippen LogP contribution in [0, 0.1) is 0 Å². The predicted octanol–water partition coefficient (Wildman–Crippen LogP) is 3.03. The van der Waals surface area contributed by atoms with Gasteiger partial charge in [0.2, 0.25) is 5.91 Å². The lowest BCUT2D eigenvalue weighted by molar-refractivity contribution is -0.116. The molecule has 2 heterocycles. The smallest absolute Gasteiger partial charge is 0.244 e. The number of carbonyl (C=O) groups is 1. The number of likely N-dealkylation sites (tertiary alicyclic amines) is 1. The van der Waals surface area contributed by atoms with E-state index in [4.69, 9.17) is 5.11 Å². The predicted molar refractivity (Wildman–Crippen MR) is 107 cm³/mol. The molecule has 0 saturated carbocycles. The third-order valence-electron chi connectivity index (χ3n) is 5.19. The van der Waals surface area contributed by atoms with Crippen LogP contribution in [0.15, 0.2) is 47.9 Å². The maximum Gasteiger partial charge on any atom is 0.244 e. The van der Waals surface area contributed by atoms with Crippen molar-refractivity contribution in [2.45, 2.75) is 24.9 Å². The molecule has 2 aromatic rings. The van der Waals surface area contributed by atoms with Gasteiger partial charge >= 0.3 is 0 Å². The van der Waals surface area contributed by atoms with E-state index in [0.717, 1.165) is 36.4 Å². The van der Waals surface area contributed by atoms with E-state index in [0.29, 0.717) is 6.54 Å². The van der Waals surface area contributed by atoms with Crippen molar-refractivity contribution >= 4 is 23.3 Å². The molecule has 3 rings (SSSR count). The van der Waals surface area contributed by atoms with Gasteiger partial charge in [-0.05, 0) is 61.6 Å². The average Bonchev–Trinajstić information content (AvgIpc) is 3.15. The van der Waals surface area contributed by atoms with Crippen molar-refractivity contribution < 1.29 is 9.90 Å². The fourth-order valence-corrected chi connectivity index (χ4v) is 4.24. The second-order valence-corrected chi connectivity index (χ2v) is 7.96. The number of benzene rings is 1. The second kappa shape index (κ2) is 8.62. The van der Waals surface area contributed by atoms with Crippen molar-refractivity contribution in [3.05, 3.63) is 63.9 Å². The van der Waals surface area contributed by atoms with Crippen LogP contribution in [-0.2, 0) is 16.8 Å². The molecule has 0 spiro atoms. The van der Waals surface area contributed by atoms with Crippen molar-refractivity contribution in [2.24, 2.45) is 0 Å². The number of rotatable bonds is 6. The Hall–Kier alpha value is -1.95. The number of thiophene rings is 1. The highest BCUT2D eigenvalue weighted by Gasteiger charge is 2.35. The summed E-state index contributed by atoms with van der Waals surface area (Å²) in [5, 5.41) is 14.1. The van der Waals surface area contributed by atoms with E-state index in [-0.39, 0.29) is 17.9 Å². The minimum Gasteiger partial charge on any atom is -0.392 e. The molecular weight excluding hydrogens is 344 g/mol. The van der Waals surface area contributed by atoms with E-state index in [2.05, 4.69) is 41.5 Å². The summed E-state index contributed by atoms with van der Waals surface area (Å²) in [4.78, 5) is 15.6. The van der Waals surface area contributed by atoms with Gasteiger partial charge in [-0.25, -0.2) is 0 Å². The molecular formula is C21H26N2O2S. The van der Waals surface area contributed by atoms with Gasteiger partial charge < -0.3 is 15.3 Å². The Morgan fingerprint density at radius 2 is 2.04 bits per heavy atom. The molecule has 1 aromatic carbocycles. The summed E-state index contributed by atoms with van der Waals surface area (Å²) in [6, 6.07) is 12.4. The first-order valence-corrected chi connectivity index (χ1v) is 9.87. The lowest BCUT2D eigenvalue weighted by Gasteiger charge is -2.41. The zero-order valence-electron chi connectivity index (χ0n) is 15.1. The number of amides is 1. The van der Waals surface area contributed by atoms with E-state index in [1.54, 1.807) is 6.08 Å². The van der Waals surface area contributed by atoms with Crippen molar-refractivity contribution in [1.82, 2.24) is 10.2 Å². The minimum absolute atomic E-state index is 0.00423. The fraction of sp³-hybridized carbons (Fsp3) is 0.381. The third-order valence-corrected chi connectivity index (χ3v) is 6.13. The highest BCUT2D eigenvalue weighted by Crippen LogP contribution is 2.34. The molecule has 1 aromatic heterocycles. The Labute approximate surface area is 159 Å². The first-order chi connectivity index (χ1) is 12.6. The molecule has 1 aliphatic heterocycles. The zero-order valence-corrected chi connectivity index (χ0v) is 16.0. The lowest BCUT2D eigenvalue weighted by atomic mass is 9.72. The monoisotopic (exact) mass is 370 g/mol. The van der Waals surface area contributed by atoms with E-state index in [1.165, 1.54) is 16.9 Å². The van der Waals surface area contributed by atoms with Crippen LogP contribution >= 0.6 is 11.3 Å². The molecule has 2 N–H and O–H groups in total. The van der Waals surface area contributed by atoms with Crippen LogP contribution in [0.4, 0.5) is 0 Å². The molecule has 26 heavy (non-hydrogen) atoms. The van der Waals surface area contributed by atoms with Gasteiger partial charge in [-0.1, -0.05) is 30.3 Å². The molecule has 1 aliphatic rings. The summed E-state index contributed by atoms with van der Waals surface area (Å²) in [7, 11) is 2.15.